The molecule has 0 amide bonds. The highest BCUT2D eigenvalue weighted by Crippen LogP contribution is 2.34. The molecule has 0 aromatic carbocycles. The third-order valence-corrected chi connectivity index (χ3v) is 5.37. The summed E-state index contributed by atoms with van der Waals surface area (Å²) in [4.78, 5) is 2.30. The zero-order valence-electron chi connectivity index (χ0n) is 11.2. The molecule has 0 unspecified atom stereocenters. The number of likely N-dealkylation sites (tertiary alicyclic amines) is 1. The molecule has 1 fully saturated rings. The molecule has 0 spiro atoms. The summed E-state index contributed by atoms with van der Waals surface area (Å²) in [7, 11) is 0. The molecular weight excluding hydrogens is 232 g/mol. The van der Waals surface area contributed by atoms with Crippen molar-refractivity contribution >= 4 is 11.8 Å². The number of β-amino-alcohol motifs (C(OH)–C–C–N with tert-alkyl or cyclic N) is 1. The Morgan fingerprint density at radius 1 is 1.35 bits per heavy atom. The smallest absolute Gasteiger partial charge is 0.104 e. The van der Waals surface area contributed by atoms with E-state index in [4.69, 9.17) is 0 Å². The van der Waals surface area contributed by atoms with Gasteiger partial charge in [-0.1, -0.05) is 13.8 Å². The van der Waals surface area contributed by atoms with Gasteiger partial charge in [0.15, 0.2) is 0 Å². The van der Waals surface area contributed by atoms with Crippen LogP contribution < -0.4 is 0 Å². The Hall–Kier alpha value is -0.240. The summed E-state index contributed by atoms with van der Waals surface area (Å²) in [6, 6.07) is 2.45. The van der Waals surface area contributed by atoms with Crippen molar-refractivity contribution in [3.63, 3.8) is 0 Å². The maximum absolute atomic E-state index is 10.3. The third kappa shape index (κ3) is 3.61. The average molecular weight is 256 g/mol. The van der Waals surface area contributed by atoms with Gasteiger partial charge in [0.05, 0.1) is 11.7 Å². The largest absolute Gasteiger partial charge is 0.389 e. The number of hydrogen-bond donors (Lipinski definition) is 1. The summed E-state index contributed by atoms with van der Waals surface area (Å²) >= 11 is 1.67. The second kappa shape index (κ2) is 6.08. The zero-order chi connectivity index (χ0) is 12.9. The topological polar surface area (TPSA) is 47.3 Å². The molecule has 1 N–H and O–H groups in total. The molecule has 17 heavy (non-hydrogen) atoms. The third-order valence-electron chi connectivity index (χ3n) is 4.09. The van der Waals surface area contributed by atoms with E-state index < -0.39 is 5.60 Å². The predicted octanol–water partition coefficient (Wildman–Crippen LogP) is 2.26. The lowest BCUT2D eigenvalue weighted by atomic mass is 9.93. The molecule has 0 aromatic heterocycles. The van der Waals surface area contributed by atoms with Crippen LogP contribution in [0.3, 0.4) is 0 Å². The minimum Gasteiger partial charge on any atom is -0.389 e. The van der Waals surface area contributed by atoms with E-state index >= 15 is 0 Å². The number of rotatable bonds is 5. The first kappa shape index (κ1) is 14.8. The molecule has 1 aliphatic rings. The van der Waals surface area contributed by atoms with Gasteiger partial charge < -0.3 is 10.0 Å². The molecule has 1 heterocycles. The van der Waals surface area contributed by atoms with Crippen LogP contribution in [0, 0.1) is 11.3 Å². The normalized spacial score (nSPS) is 21.1. The second-order valence-electron chi connectivity index (χ2n) is 5.02. The molecule has 1 rings (SSSR count). The molecule has 1 aliphatic heterocycles. The van der Waals surface area contributed by atoms with Crippen molar-refractivity contribution in [3.05, 3.63) is 0 Å². The van der Waals surface area contributed by atoms with Gasteiger partial charge in [-0.15, -0.1) is 11.8 Å². The fraction of sp³-hybridized carbons (Fsp3) is 0.923. The lowest BCUT2D eigenvalue weighted by Crippen LogP contribution is -2.48. The van der Waals surface area contributed by atoms with Gasteiger partial charge in [-0.2, -0.15) is 5.26 Å². The standard InChI is InChI=1S/C13H24N2OS/c1-4-12(16,5-2)11-15-8-6-13(10-14,17-3)7-9-15/h16H,4-9,11H2,1-3H3. The van der Waals surface area contributed by atoms with Crippen LogP contribution >= 0.6 is 11.8 Å². The lowest BCUT2D eigenvalue weighted by Gasteiger charge is -2.40. The highest BCUT2D eigenvalue weighted by Gasteiger charge is 2.36. The number of hydrogen-bond acceptors (Lipinski definition) is 4. The van der Waals surface area contributed by atoms with Crippen molar-refractivity contribution in [2.75, 3.05) is 25.9 Å². The Bertz CT molecular complexity index is 276. The molecule has 0 saturated carbocycles. The molecule has 0 atom stereocenters. The van der Waals surface area contributed by atoms with E-state index in [1.165, 1.54) is 0 Å². The summed E-state index contributed by atoms with van der Waals surface area (Å²) in [6.45, 7) is 6.67. The minimum absolute atomic E-state index is 0.187. The Morgan fingerprint density at radius 3 is 2.24 bits per heavy atom. The second-order valence-corrected chi connectivity index (χ2v) is 6.21. The number of aliphatic hydroxyl groups is 1. The first-order chi connectivity index (χ1) is 8.03. The quantitative estimate of drug-likeness (QED) is 0.819. The number of nitrogens with zero attached hydrogens (tertiary/aromatic N) is 2. The van der Waals surface area contributed by atoms with E-state index in [0.717, 1.165) is 45.3 Å². The van der Waals surface area contributed by atoms with Crippen molar-refractivity contribution in [3.8, 4) is 6.07 Å². The molecule has 0 bridgehead atoms. The first-order valence-electron chi connectivity index (χ1n) is 6.44. The van der Waals surface area contributed by atoms with E-state index in [1.54, 1.807) is 11.8 Å². The zero-order valence-corrected chi connectivity index (χ0v) is 12.0. The van der Waals surface area contributed by atoms with Gasteiger partial charge in [-0.3, -0.25) is 0 Å². The maximum atomic E-state index is 10.3. The van der Waals surface area contributed by atoms with E-state index in [-0.39, 0.29) is 4.75 Å². The summed E-state index contributed by atoms with van der Waals surface area (Å²) in [5, 5.41) is 19.5. The maximum Gasteiger partial charge on any atom is 0.104 e. The molecule has 3 nitrogen and oxygen atoms in total. The summed E-state index contributed by atoms with van der Waals surface area (Å²) in [6.07, 6.45) is 5.44. The predicted molar refractivity (Wildman–Crippen MR) is 73.1 cm³/mol. The van der Waals surface area contributed by atoms with Crippen molar-refractivity contribution in [1.82, 2.24) is 4.90 Å². The molecule has 0 radical (unpaired) electrons. The molecule has 98 valence electrons. The van der Waals surface area contributed by atoms with E-state index in [0.29, 0.717) is 0 Å². The van der Waals surface area contributed by atoms with Gasteiger partial charge in [0, 0.05) is 19.6 Å². The molecule has 0 aromatic rings. The van der Waals surface area contributed by atoms with Gasteiger partial charge in [0.1, 0.15) is 4.75 Å². The van der Waals surface area contributed by atoms with Gasteiger partial charge >= 0.3 is 0 Å². The van der Waals surface area contributed by atoms with Gasteiger partial charge in [-0.25, -0.2) is 0 Å². The first-order valence-corrected chi connectivity index (χ1v) is 7.66. The fourth-order valence-corrected chi connectivity index (χ4v) is 3.01. The van der Waals surface area contributed by atoms with Crippen LogP contribution in [-0.4, -0.2) is 46.2 Å². The number of piperidine rings is 1. The molecule has 4 heteroatoms. The Labute approximate surface area is 109 Å². The van der Waals surface area contributed by atoms with Crippen LogP contribution in [0.4, 0.5) is 0 Å². The summed E-state index contributed by atoms with van der Waals surface area (Å²) < 4.78 is -0.187. The minimum atomic E-state index is -0.550. The van der Waals surface area contributed by atoms with Crippen molar-refractivity contribution in [2.24, 2.45) is 0 Å². The van der Waals surface area contributed by atoms with Crippen LogP contribution in [-0.2, 0) is 0 Å². The van der Waals surface area contributed by atoms with E-state index in [1.807, 2.05) is 20.1 Å². The lowest BCUT2D eigenvalue weighted by molar-refractivity contribution is -0.00865. The Kier molecular flexibility index (Phi) is 5.30. The van der Waals surface area contributed by atoms with Crippen LogP contribution in [0.15, 0.2) is 0 Å². The summed E-state index contributed by atoms with van der Waals surface area (Å²) in [5.74, 6) is 0. The molecule has 1 saturated heterocycles. The van der Waals surface area contributed by atoms with Crippen molar-refractivity contribution < 1.29 is 5.11 Å². The highest BCUT2D eigenvalue weighted by atomic mass is 32.2. The van der Waals surface area contributed by atoms with Crippen molar-refractivity contribution in [2.45, 2.75) is 49.9 Å². The van der Waals surface area contributed by atoms with Crippen LogP contribution in [0.1, 0.15) is 39.5 Å². The average Bonchev–Trinajstić information content (AvgIpc) is 2.40. The van der Waals surface area contributed by atoms with Gasteiger partial charge in [0.2, 0.25) is 0 Å². The summed E-state index contributed by atoms with van der Waals surface area (Å²) in [5.41, 5.74) is -0.550. The van der Waals surface area contributed by atoms with Crippen LogP contribution in [0.25, 0.3) is 0 Å². The number of nitriles is 1. The Balaban J connectivity index is 2.51. The number of thioether (sulfide) groups is 1. The molecular formula is C13H24N2OS. The fourth-order valence-electron chi connectivity index (χ4n) is 2.32. The van der Waals surface area contributed by atoms with Gasteiger partial charge in [-0.05, 0) is 31.9 Å². The monoisotopic (exact) mass is 256 g/mol. The van der Waals surface area contributed by atoms with Crippen LogP contribution in [0.2, 0.25) is 0 Å². The van der Waals surface area contributed by atoms with Crippen molar-refractivity contribution in [1.29, 1.82) is 5.26 Å². The van der Waals surface area contributed by atoms with E-state index in [2.05, 4.69) is 11.0 Å². The Morgan fingerprint density at radius 2 is 1.88 bits per heavy atom. The van der Waals surface area contributed by atoms with Gasteiger partial charge in [0.25, 0.3) is 0 Å². The molecule has 0 aliphatic carbocycles. The van der Waals surface area contributed by atoms with Crippen LogP contribution in [0.5, 0.6) is 0 Å². The highest BCUT2D eigenvalue weighted by molar-refractivity contribution is 8.00. The van der Waals surface area contributed by atoms with E-state index in [9.17, 15) is 10.4 Å². The SMILES string of the molecule is CCC(O)(CC)CN1CCC(C#N)(SC)CC1.